The maximum atomic E-state index is 11.5. The molecule has 2 N–H and O–H groups in total. The number of likely N-dealkylation sites (tertiary alicyclic amines) is 1. The lowest BCUT2D eigenvalue weighted by atomic mass is 9.95. The Morgan fingerprint density at radius 3 is 2.87 bits per heavy atom. The summed E-state index contributed by atoms with van der Waals surface area (Å²) < 4.78 is 8.52. The molecule has 2 atom stereocenters. The molecule has 1 saturated carbocycles. The van der Waals surface area contributed by atoms with Gasteiger partial charge in [0.05, 0.1) is 12.0 Å². The number of carbonyl (C=O) groups is 1. The molecule has 31 heavy (non-hydrogen) atoms. The standard InChI is InChI=1S/C24H32N4O3/c29-22-15-27(14-19-13-25-16-28(19)18-4-2-1-3-5-18)11-10-23(22)31-20-7-8-21-17(12-20)6-9-24(30)26-21/h7-8,12-13,16,18,22-23,29H,1-6,9-11,14-15H2,(H,26,30)/t22-,23-/m1/s1. The minimum Gasteiger partial charge on any atom is -0.488 e. The van der Waals surface area contributed by atoms with Crippen molar-refractivity contribution in [3.8, 4) is 5.75 Å². The van der Waals surface area contributed by atoms with E-state index >= 15 is 0 Å². The Morgan fingerprint density at radius 2 is 2.03 bits per heavy atom. The zero-order chi connectivity index (χ0) is 21.2. The Bertz CT molecular complexity index is 921. The van der Waals surface area contributed by atoms with E-state index in [1.807, 2.05) is 30.7 Å². The highest BCUT2D eigenvalue weighted by Crippen LogP contribution is 2.31. The van der Waals surface area contributed by atoms with Crippen LogP contribution in [-0.2, 0) is 17.8 Å². The molecule has 2 aliphatic heterocycles. The maximum absolute atomic E-state index is 11.5. The summed E-state index contributed by atoms with van der Waals surface area (Å²) >= 11 is 0. The monoisotopic (exact) mass is 424 g/mol. The number of aliphatic hydroxyl groups is 1. The van der Waals surface area contributed by atoms with Gasteiger partial charge in [-0.15, -0.1) is 0 Å². The van der Waals surface area contributed by atoms with Crippen LogP contribution in [0.25, 0.3) is 0 Å². The predicted octanol–water partition coefficient (Wildman–Crippen LogP) is 3.29. The van der Waals surface area contributed by atoms with Crippen LogP contribution in [-0.4, -0.2) is 50.8 Å². The number of nitrogens with zero attached hydrogens (tertiary/aromatic N) is 3. The van der Waals surface area contributed by atoms with Crippen molar-refractivity contribution in [2.45, 2.75) is 76.2 Å². The molecule has 7 nitrogen and oxygen atoms in total. The highest BCUT2D eigenvalue weighted by molar-refractivity contribution is 5.93. The first kappa shape index (κ1) is 20.5. The summed E-state index contributed by atoms with van der Waals surface area (Å²) in [6.45, 7) is 2.30. The second kappa shape index (κ2) is 9.01. The fourth-order valence-electron chi connectivity index (χ4n) is 5.24. The molecule has 3 heterocycles. The van der Waals surface area contributed by atoms with Crippen molar-refractivity contribution in [1.29, 1.82) is 0 Å². The molecule has 1 aromatic heterocycles. The number of anilines is 1. The average Bonchev–Trinajstić information content (AvgIpc) is 3.24. The molecule has 1 saturated heterocycles. The smallest absolute Gasteiger partial charge is 0.224 e. The van der Waals surface area contributed by atoms with Gasteiger partial charge in [0.15, 0.2) is 0 Å². The zero-order valence-electron chi connectivity index (χ0n) is 18.0. The van der Waals surface area contributed by atoms with E-state index in [4.69, 9.17) is 4.74 Å². The molecular formula is C24H32N4O3. The third-order valence-electron chi connectivity index (χ3n) is 6.96. The summed E-state index contributed by atoms with van der Waals surface area (Å²) in [4.78, 5) is 18.3. The third kappa shape index (κ3) is 4.62. The number of nitrogens with one attached hydrogen (secondary N) is 1. The Kier molecular flexibility index (Phi) is 5.96. The minimum absolute atomic E-state index is 0.0637. The van der Waals surface area contributed by atoms with Gasteiger partial charge in [0.1, 0.15) is 18.0 Å². The van der Waals surface area contributed by atoms with Crippen LogP contribution >= 0.6 is 0 Å². The van der Waals surface area contributed by atoms with E-state index in [1.165, 1.54) is 37.8 Å². The number of imidazole rings is 1. The summed E-state index contributed by atoms with van der Waals surface area (Å²) in [6.07, 6.45) is 11.7. The first-order valence-electron chi connectivity index (χ1n) is 11.7. The van der Waals surface area contributed by atoms with Crippen LogP contribution in [0.2, 0.25) is 0 Å². The van der Waals surface area contributed by atoms with E-state index in [9.17, 15) is 9.90 Å². The topological polar surface area (TPSA) is 79.6 Å². The molecule has 0 spiro atoms. The Morgan fingerprint density at radius 1 is 1.16 bits per heavy atom. The van der Waals surface area contributed by atoms with Crippen LogP contribution in [0.3, 0.4) is 0 Å². The first-order chi connectivity index (χ1) is 15.2. The summed E-state index contributed by atoms with van der Waals surface area (Å²) in [5.74, 6) is 0.830. The number of ether oxygens (including phenoxy) is 1. The molecule has 1 aliphatic carbocycles. The molecular weight excluding hydrogens is 392 g/mol. The Labute approximate surface area is 183 Å². The van der Waals surface area contributed by atoms with Crippen LogP contribution < -0.4 is 10.1 Å². The van der Waals surface area contributed by atoms with Crippen molar-refractivity contribution in [2.75, 3.05) is 18.4 Å². The van der Waals surface area contributed by atoms with Gasteiger partial charge in [-0.3, -0.25) is 9.69 Å². The average molecular weight is 425 g/mol. The largest absolute Gasteiger partial charge is 0.488 e. The second-order valence-corrected chi connectivity index (χ2v) is 9.20. The molecule has 3 aliphatic rings. The minimum atomic E-state index is -0.532. The SMILES string of the molecule is O=C1CCc2cc(O[C@@H]3CCN(Cc4cncn4C4CCCCC4)C[C@H]3O)ccc2N1. The van der Waals surface area contributed by atoms with Gasteiger partial charge in [-0.25, -0.2) is 4.98 Å². The molecule has 166 valence electrons. The van der Waals surface area contributed by atoms with Gasteiger partial charge in [-0.1, -0.05) is 19.3 Å². The number of benzene rings is 1. The number of carbonyl (C=O) groups excluding carboxylic acids is 1. The molecule has 0 bridgehead atoms. The Balaban J connectivity index is 1.18. The van der Waals surface area contributed by atoms with Gasteiger partial charge in [0.2, 0.25) is 5.91 Å². The van der Waals surface area contributed by atoms with Gasteiger partial charge < -0.3 is 19.7 Å². The molecule has 7 heteroatoms. The fourth-order valence-corrected chi connectivity index (χ4v) is 5.24. The molecule has 1 aromatic carbocycles. The lowest BCUT2D eigenvalue weighted by Gasteiger charge is -2.36. The number of aliphatic hydroxyl groups excluding tert-OH is 1. The number of fused-ring (bicyclic) bond motifs is 1. The van der Waals surface area contributed by atoms with Gasteiger partial charge >= 0.3 is 0 Å². The van der Waals surface area contributed by atoms with Crippen molar-refractivity contribution in [2.24, 2.45) is 0 Å². The summed E-state index contributed by atoms with van der Waals surface area (Å²) in [5, 5.41) is 13.7. The van der Waals surface area contributed by atoms with Crippen molar-refractivity contribution in [3.63, 3.8) is 0 Å². The van der Waals surface area contributed by atoms with Gasteiger partial charge in [-0.05, 0) is 49.4 Å². The fraction of sp³-hybridized carbons (Fsp3) is 0.583. The van der Waals surface area contributed by atoms with E-state index in [2.05, 4.69) is 19.8 Å². The molecule has 0 unspecified atom stereocenters. The van der Waals surface area contributed by atoms with Gasteiger partial charge in [0, 0.05) is 44.0 Å². The van der Waals surface area contributed by atoms with Gasteiger partial charge in [0.25, 0.3) is 0 Å². The maximum Gasteiger partial charge on any atom is 0.224 e. The number of rotatable bonds is 5. The number of aromatic nitrogens is 2. The number of aryl methyl sites for hydroxylation is 1. The highest BCUT2D eigenvalue weighted by Gasteiger charge is 2.30. The van der Waals surface area contributed by atoms with Crippen LogP contribution in [0, 0.1) is 0 Å². The molecule has 2 aromatic rings. The molecule has 2 fully saturated rings. The number of amides is 1. The molecule has 0 radical (unpaired) electrons. The van der Waals surface area contributed by atoms with Crippen LogP contribution in [0.15, 0.2) is 30.7 Å². The number of β-amino-alcohol motifs (C(OH)–C–C–N with tert-alkyl or cyclic N) is 1. The molecule has 5 rings (SSSR count). The lowest BCUT2D eigenvalue weighted by Crippen LogP contribution is -2.48. The third-order valence-corrected chi connectivity index (χ3v) is 6.96. The van der Waals surface area contributed by atoms with Crippen LogP contribution in [0.5, 0.6) is 5.75 Å². The van der Waals surface area contributed by atoms with E-state index < -0.39 is 6.10 Å². The summed E-state index contributed by atoms with van der Waals surface area (Å²) in [7, 11) is 0. The van der Waals surface area contributed by atoms with E-state index in [0.29, 0.717) is 19.0 Å². The number of hydrogen-bond acceptors (Lipinski definition) is 5. The number of hydrogen-bond donors (Lipinski definition) is 2. The summed E-state index contributed by atoms with van der Waals surface area (Å²) in [5.41, 5.74) is 3.21. The lowest BCUT2D eigenvalue weighted by molar-refractivity contribution is -0.116. The number of piperidine rings is 1. The van der Waals surface area contributed by atoms with Crippen molar-refractivity contribution >= 4 is 11.6 Å². The van der Waals surface area contributed by atoms with E-state index in [1.54, 1.807) is 0 Å². The predicted molar refractivity (Wildman–Crippen MR) is 118 cm³/mol. The van der Waals surface area contributed by atoms with E-state index in [0.717, 1.165) is 42.9 Å². The second-order valence-electron chi connectivity index (χ2n) is 9.20. The van der Waals surface area contributed by atoms with Crippen LogP contribution in [0.4, 0.5) is 5.69 Å². The van der Waals surface area contributed by atoms with Crippen molar-refractivity contribution in [1.82, 2.24) is 14.5 Å². The quantitative estimate of drug-likeness (QED) is 0.770. The van der Waals surface area contributed by atoms with Crippen LogP contribution in [0.1, 0.15) is 62.2 Å². The Hall–Kier alpha value is -2.38. The summed E-state index contributed by atoms with van der Waals surface area (Å²) in [6, 6.07) is 6.35. The van der Waals surface area contributed by atoms with Gasteiger partial charge in [-0.2, -0.15) is 0 Å². The van der Waals surface area contributed by atoms with Crippen molar-refractivity contribution < 1.29 is 14.6 Å². The van der Waals surface area contributed by atoms with E-state index in [-0.39, 0.29) is 12.0 Å². The molecule has 1 amide bonds. The zero-order valence-corrected chi connectivity index (χ0v) is 18.0. The van der Waals surface area contributed by atoms with Crippen molar-refractivity contribution in [3.05, 3.63) is 42.0 Å². The normalized spacial score (nSPS) is 25.1. The first-order valence-corrected chi connectivity index (χ1v) is 11.7. The highest BCUT2D eigenvalue weighted by atomic mass is 16.5.